The number of anilines is 2. The lowest BCUT2D eigenvalue weighted by Crippen LogP contribution is -2.15. The zero-order valence-corrected chi connectivity index (χ0v) is 15.1. The number of hydrogen-bond acceptors (Lipinski definition) is 5. The van der Waals surface area contributed by atoms with E-state index in [4.69, 9.17) is 0 Å². The third-order valence-electron chi connectivity index (χ3n) is 3.48. The van der Waals surface area contributed by atoms with Crippen molar-refractivity contribution in [3.63, 3.8) is 0 Å². The molecule has 1 aromatic heterocycles. The second-order valence-corrected chi connectivity index (χ2v) is 7.15. The number of nitrogens with zero attached hydrogens (tertiary/aromatic N) is 1. The molecule has 0 radical (unpaired) electrons. The molecule has 26 heavy (non-hydrogen) atoms. The first-order chi connectivity index (χ1) is 12.4. The van der Waals surface area contributed by atoms with E-state index in [2.05, 4.69) is 10.3 Å². The van der Waals surface area contributed by atoms with E-state index in [1.165, 1.54) is 17.4 Å². The molecule has 2 aromatic carbocycles. The molecule has 1 unspecified atom stereocenters. The van der Waals surface area contributed by atoms with E-state index in [1.54, 1.807) is 0 Å². The quantitative estimate of drug-likeness (QED) is 0.649. The van der Waals surface area contributed by atoms with Crippen molar-refractivity contribution < 1.29 is 17.9 Å². The highest BCUT2D eigenvalue weighted by atomic mass is 32.2. The number of carbonyl (C=O) groups excluding carboxylic acids is 1. The van der Waals surface area contributed by atoms with Gasteiger partial charge in [0.05, 0.1) is 16.9 Å². The molecule has 3 rings (SSSR count). The number of thiazole rings is 1. The van der Waals surface area contributed by atoms with Gasteiger partial charge in [-0.15, -0.1) is 11.3 Å². The molecule has 3 aromatic rings. The SMILES string of the molecule is Cc1sc(NC(=O)c2ccc(F)cc2NS(=O)[O-])nc1-c1ccccc1. The van der Waals surface area contributed by atoms with Gasteiger partial charge in [-0.3, -0.25) is 14.3 Å². The van der Waals surface area contributed by atoms with Gasteiger partial charge in [0.25, 0.3) is 5.91 Å². The Balaban J connectivity index is 1.86. The summed E-state index contributed by atoms with van der Waals surface area (Å²) in [6, 6.07) is 12.7. The lowest BCUT2D eigenvalue weighted by Gasteiger charge is -2.13. The fourth-order valence-corrected chi connectivity index (χ4v) is 3.55. The zero-order valence-electron chi connectivity index (χ0n) is 13.5. The highest BCUT2D eigenvalue weighted by Crippen LogP contribution is 2.30. The molecule has 0 spiro atoms. The Morgan fingerprint density at radius 3 is 2.65 bits per heavy atom. The Kier molecular flexibility index (Phi) is 5.40. The molecule has 0 saturated carbocycles. The summed E-state index contributed by atoms with van der Waals surface area (Å²) in [4.78, 5) is 17.8. The van der Waals surface area contributed by atoms with Crippen LogP contribution in [0.4, 0.5) is 15.2 Å². The van der Waals surface area contributed by atoms with E-state index in [-0.39, 0.29) is 11.3 Å². The number of carbonyl (C=O) groups is 1. The van der Waals surface area contributed by atoms with Crippen LogP contribution in [0.15, 0.2) is 48.5 Å². The van der Waals surface area contributed by atoms with Gasteiger partial charge in [-0.25, -0.2) is 9.37 Å². The average Bonchev–Trinajstić information content (AvgIpc) is 2.95. The van der Waals surface area contributed by atoms with E-state index in [0.717, 1.165) is 28.3 Å². The van der Waals surface area contributed by atoms with Gasteiger partial charge in [-0.1, -0.05) is 30.3 Å². The fourth-order valence-electron chi connectivity index (χ4n) is 2.37. The Bertz CT molecular complexity index is 977. The molecule has 1 amide bonds. The van der Waals surface area contributed by atoms with Crippen LogP contribution in [0.5, 0.6) is 0 Å². The summed E-state index contributed by atoms with van der Waals surface area (Å²) < 4.78 is 37.1. The summed E-state index contributed by atoms with van der Waals surface area (Å²) in [7, 11) is 0. The molecule has 0 fully saturated rings. The number of hydrogen-bond donors (Lipinski definition) is 2. The summed E-state index contributed by atoms with van der Waals surface area (Å²) >= 11 is -1.39. The molecule has 0 aliphatic heterocycles. The monoisotopic (exact) mass is 390 g/mol. The van der Waals surface area contributed by atoms with Crippen LogP contribution in [0, 0.1) is 12.7 Å². The molecule has 0 bridgehead atoms. The summed E-state index contributed by atoms with van der Waals surface area (Å²) in [5.41, 5.74) is 1.52. The van der Waals surface area contributed by atoms with Crippen molar-refractivity contribution in [3.8, 4) is 11.3 Å². The maximum atomic E-state index is 13.3. The van der Waals surface area contributed by atoms with Gasteiger partial charge >= 0.3 is 0 Å². The summed E-state index contributed by atoms with van der Waals surface area (Å²) in [5.74, 6) is -1.25. The molecule has 6 nitrogen and oxygen atoms in total. The van der Waals surface area contributed by atoms with Crippen LogP contribution in [0.1, 0.15) is 15.2 Å². The van der Waals surface area contributed by atoms with Crippen LogP contribution >= 0.6 is 11.3 Å². The third kappa shape index (κ3) is 4.13. The molecule has 0 aliphatic carbocycles. The molecular weight excluding hydrogens is 377 g/mol. The number of aryl methyl sites for hydroxylation is 1. The maximum Gasteiger partial charge on any atom is 0.259 e. The van der Waals surface area contributed by atoms with Crippen molar-refractivity contribution in [2.45, 2.75) is 6.92 Å². The van der Waals surface area contributed by atoms with Crippen LogP contribution in [0.2, 0.25) is 0 Å². The molecule has 2 N–H and O–H groups in total. The van der Waals surface area contributed by atoms with E-state index < -0.39 is 23.0 Å². The molecule has 9 heteroatoms. The third-order valence-corrected chi connectivity index (χ3v) is 4.76. The van der Waals surface area contributed by atoms with Crippen LogP contribution in [-0.2, 0) is 11.3 Å². The highest BCUT2D eigenvalue weighted by molar-refractivity contribution is 7.80. The van der Waals surface area contributed by atoms with E-state index in [1.807, 2.05) is 42.0 Å². The van der Waals surface area contributed by atoms with Crippen molar-refractivity contribution in [2.24, 2.45) is 0 Å². The average molecular weight is 390 g/mol. The second-order valence-electron chi connectivity index (χ2n) is 5.27. The van der Waals surface area contributed by atoms with Gasteiger partial charge in [0, 0.05) is 21.7 Å². The van der Waals surface area contributed by atoms with Crippen molar-refractivity contribution >= 4 is 39.3 Å². The van der Waals surface area contributed by atoms with Gasteiger partial charge in [0.2, 0.25) is 0 Å². The summed E-state index contributed by atoms with van der Waals surface area (Å²) in [6.45, 7) is 1.89. The van der Waals surface area contributed by atoms with Gasteiger partial charge in [-0.2, -0.15) is 0 Å². The van der Waals surface area contributed by atoms with Gasteiger partial charge in [0.1, 0.15) is 5.82 Å². The fraction of sp³-hybridized carbons (Fsp3) is 0.0588. The summed E-state index contributed by atoms with van der Waals surface area (Å²) in [6.07, 6.45) is 0. The Hall–Kier alpha value is -2.62. The van der Waals surface area contributed by atoms with Crippen molar-refractivity contribution in [2.75, 3.05) is 10.0 Å². The Morgan fingerprint density at radius 2 is 1.96 bits per heavy atom. The van der Waals surface area contributed by atoms with Gasteiger partial charge < -0.3 is 9.27 Å². The molecule has 134 valence electrons. The summed E-state index contributed by atoms with van der Waals surface area (Å²) in [5, 5.41) is 2.99. The number of amides is 1. The predicted molar refractivity (Wildman–Crippen MR) is 99.2 cm³/mol. The van der Waals surface area contributed by atoms with Crippen LogP contribution in [0.25, 0.3) is 11.3 Å². The Morgan fingerprint density at radius 1 is 1.23 bits per heavy atom. The number of halogens is 1. The minimum Gasteiger partial charge on any atom is -0.755 e. The first-order valence-corrected chi connectivity index (χ1v) is 9.33. The largest absolute Gasteiger partial charge is 0.755 e. The normalized spacial score (nSPS) is 11.8. The van der Waals surface area contributed by atoms with Crippen molar-refractivity contribution in [3.05, 3.63) is 64.8 Å². The van der Waals surface area contributed by atoms with E-state index in [9.17, 15) is 17.9 Å². The van der Waals surface area contributed by atoms with E-state index >= 15 is 0 Å². The lowest BCUT2D eigenvalue weighted by molar-refractivity contribution is 0.102. The molecule has 0 aliphatic rings. The lowest BCUT2D eigenvalue weighted by atomic mass is 10.1. The predicted octanol–water partition coefficient (Wildman–Crippen LogP) is 3.72. The van der Waals surface area contributed by atoms with Gasteiger partial charge in [-0.05, 0) is 25.1 Å². The number of aromatic nitrogens is 1. The van der Waals surface area contributed by atoms with Crippen LogP contribution < -0.4 is 10.0 Å². The zero-order chi connectivity index (χ0) is 18.7. The smallest absolute Gasteiger partial charge is 0.259 e. The minimum absolute atomic E-state index is 0.00952. The van der Waals surface area contributed by atoms with Crippen LogP contribution in [0.3, 0.4) is 0 Å². The molecular formula is C17H13FN3O3S2-. The first-order valence-electron chi connectivity index (χ1n) is 7.43. The van der Waals surface area contributed by atoms with Crippen LogP contribution in [-0.4, -0.2) is 19.7 Å². The standard InChI is InChI=1S/C17H14FN3O3S2/c1-10-15(11-5-3-2-4-6-11)19-17(25-10)20-16(22)13-8-7-12(18)9-14(13)21-26(23)24/h2-9,21H,1H3,(H,23,24)(H,19,20,22)/p-1. The number of nitrogens with one attached hydrogen (secondary N) is 2. The van der Waals surface area contributed by atoms with Crippen molar-refractivity contribution in [1.29, 1.82) is 0 Å². The molecule has 0 saturated heterocycles. The maximum absolute atomic E-state index is 13.3. The molecule has 1 atom stereocenters. The second kappa shape index (κ2) is 7.73. The molecule has 1 heterocycles. The highest BCUT2D eigenvalue weighted by Gasteiger charge is 2.16. The van der Waals surface area contributed by atoms with Crippen molar-refractivity contribution in [1.82, 2.24) is 4.98 Å². The topological polar surface area (TPSA) is 94.2 Å². The minimum atomic E-state index is -2.68. The number of benzene rings is 2. The first kappa shape index (κ1) is 18.2. The Labute approximate surface area is 155 Å². The number of rotatable bonds is 5. The van der Waals surface area contributed by atoms with Gasteiger partial charge in [0.15, 0.2) is 5.13 Å². The van der Waals surface area contributed by atoms with E-state index in [0.29, 0.717) is 5.13 Å².